The molecule has 1 saturated carbocycles. The van der Waals surface area contributed by atoms with Crippen molar-refractivity contribution in [3.8, 4) is 0 Å². The molecule has 0 spiro atoms. The Morgan fingerprint density at radius 1 is 1.42 bits per heavy atom. The van der Waals surface area contributed by atoms with E-state index in [2.05, 4.69) is 47.4 Å². The predicted molar refractivity (Wildman–Crippen MR) is 82.9 cm³/mol. The molecule has 1 aliphatic heterocycles. The Balaban J connectivity index is 1.89. The van der Waals surface area contributed by atoms with Crippen molar-refractivity contribution in [2.24, 2.45) is 5.92 Å². The van der Waals surface area contributed by atoms with E-state index in [4.69, 9.17) is 9.16 Å². The first-order chi connectivity index (χ1) is 8.57. The lowest BCUT2D eigenvalue weighted by Crippen LogP contribution is -2.44. The number of allylic oxidation sites excluding steroid dienone is 1. The highest BCUT2D eigenvalue weighted by molar-refractivity contribution is 6.74. The van der Waals surface area contributed by atoms with Gasteiger partial charge in [0, 0.05) is 0 Å². The summed E-state index contributed by atoms with van der Waals surface area (Å²) in [6.45, 7) is 18.6. The summed E-state index contributed by atoms with van der Waals surface area (Å²) in [5.74, 6) is 0.661. The quantitative estimate of drug-likeness (QED) is 0.429. The summed E-state index contributed by atoms with van der Waals surface area (Å²) in [6, 6.07) is 0. The van der Waals surface area contributed by atoms with Crippen molar-refractivity contribution in [2.75, 3.05) is 6.61 Å². The summed E-state index contributed by atoms with van der Waals surface area (Å²) in [5, 5.41) is 0.281. The number of ether oxygens (including phenoxy) is 1. The van der Waals surface area contributed by atoms with Crippen molar-refractivity contribution in [2.45, 2.75) is 76.8 Å². The first kappa shape index (κ1) is 15.3. The molecule has 0 aromatic rings. The summed E-state index contributed by atoms with van der Waals surface area (Å²) < 4.78 is 12.4. The molecule has 0 aromatic carbocycles. The van der Waals surface area contributed by atoms with E-state index in [0.29, 0.717) is 12.0 Å². The van der Waals surface area contributed by atoms with Crippen LogP contribution in [0.3, 0.4) is 0 Å². The predicted octanol–water partition coefficient (Wildman–Crippen LogP) is 4.52. The second-order valence-corrected chi connectivity index (χ2v) is 12.8. The SMILES string of the molecule is C=C(C)C1CCC2(CO[Si](C)(C)C(C)(C)C)OC2C1. The fraction of sp³-hybridized carbons (Fsp3) is 0.875. The third-order valence-electron chi connectivity index (χ3n) is 5.50. The summed E-state index contributed by atoms with van der Waals surface area (Å²) in [6.07, 6.45) is 3.93. The lowest BCUT2D eigenvalue weighted by atomic mass is 9.79. The highest BCUT2D eigenvalue weighted by atomic mass is 28.4. The van der Waals surface area contributed by atoms with Gasteiger partial charge in [-0.1, -0.05) is 32.9 Å². The minimum absolute atomic E-state index is 0.0570. The van der Waals surface area contributed by atoms with Crippen LogP contribution in [-0.4, -0.2) is 26.6 Å². The molecule has 0 amide bonds. The summed E-state index contributed by atoms with van der Waals surface area (Å²) in [5.41, 5.74) is 1.37. The van der Waals surface area contributed by atoms with Crippen molar-refractivity contribution < 1.29 is 9.16 Å². The van der Waals surface area contributed by atoms with Gasteiger partial charge in [-0.3, -0.25) is 0 Å². The van der Waals surface area contributed by atoms with Gasteiger partial charge in [0.2, 0.25) is 0 Å². The average molecular weight is 282 g/mol. The zero-order valence-corrected chi connectivity index (χ0v) is 14.5. The first-order valence-corrected chi connectivity index (χ1v) is 10.5. The van der Waals surface area contributed by atoms with Gasteiger partial charge in [0.05, 0.1) is 12.7 Å². The monoisotopic (exact) mass is 282 g/mol. The molecular formula is C16H30O2Si. The normalized spacial score (nSPS) is 34.8. The lowest BCUT2D eigenvalue weighted by Gasteiger charge is -2.37. The topological polar surface area (TPSA) is 21.8 Å². The maximum Gasteiger partial charge on any atom is 0.192 e. The second-order valence-electron chi connectivity index (χ2n) is 8.04. The summed E-state index contributed by atoms with van der Waals surface area (Å²) in [7, 11) is -1.65. The Hall–Kier alpha value is -0.123. The van der Waals surface area contributed by atoms with Crippen LogP contribution in [0.5, 0.6) is 0 Å². The maximum absolute atomic E-state index is 6.37. The number of fused-ring (bicyclic) bond motifs is 1. The van der Waals surface area contributed by atoms with Gasteiger partial charge < -0.3 is 9.16 Å². The third kappa shape index (κ3) is 2.98. The van der Waals surface area contributed by atoms with Crippen LogP contribution in [0, 0.1) is 5.92 Å². The van der Waals surface area contributed by atoms with E-state index in [1.54, 1.807) is 0 Å². The van der Waals surface area contributed by atoms with Gasteiger partial charge in [0.15, 0.2) is 8.32 Å². The van der Waals surface area contributed by atoms with E-state index in [1.165, 1.54) is 12.0 Å². The average Bonchev–Trinajstić information content (AvgIpc) is 2.98. The standard InChI is InChI=1S/C16H30O2Si/c1-12(2)13-8-9-16(14(10-13)18-16)11-17-19(6,7)15(3,4)5/h13-14H,1,8-11H2,2-7H3. The number of hydrogen-bond donors (Lipinski definition) is 0. The molecule has 2 aliphatic rings. The molecule has 1 saturated heterocycles. The van der Waals surface area contributed by atoms with Crippen molar-refractivity contribution >= 4 is 8.32 Å². The van der Waals surface area contributed by atoms with Gasteiger partial charge in [0.25, 0.3) is 0 Å². The molecule has 3 unspecified atom stereocenters. The van der Waals surface area contributed by atoms with Crippen LogP contribution in [0.15, 0.2) is 12.2 Å². The van der Waals surface area contributed by atoms with E-state index in [-0.39, 0.29) is 10.6 Å². The van der Waals surface area contributed by atoms with Gasteiger partial charge in [-0.05, 0) is 50.2 Å². The van der Waals surface area contributed by atoms with Gasteiger partial charge in [-0.25, -0.2) is 0 Å². The molecule has 1 aliphatic carbocycles. The number of hydrogen-bond acceptors (Lipinski definition) is 2. The fourth-order valence-electron chi connectivity index (χ4n) is 2.69. The van der Waals surface area contributed by atoms with E-state index in [0.717, 1.165) is 19.4 Å². The third-order valence-corrected chi connectivity index (χ3v) is 9.98. The second kappa shape index (κ2) is 4.71. The smallest absolute Gasteiger partial charge is 0.192 e. The van der Waals surface area contributed by atoms with E-state index in [1.807, 2.05) is 0 Å². The van der Waals surface area contributed by atoms with E-state index >= 15 is 0 Å². The van der Waals surface area contributed by atoms with Crippen LogP contribution >= 0.6 is 0 Å². The Morgan fingerprint density at radius 3 is 2.53 bits per heavy atom. The molecule has 2 nitrogen and oxygen atoms in total. The number of epoxide rings is 1. The largest absolute Gasteiger partial charge is 0.414 e. The van der Waals surface area contributed by atoms with Crippen molar-refractivity contribution in [1.82, 2.24) is 0 Å². The van der Waals surface area contributed by atoms with Crippen LogP contribution in [-0.2, 0) is 9.16 Å². The van der Waals surface area contributed by atoms with Crippen LogP contribution in [0.1, 0.15) is 47.0 Å². The number of rotatable bonds is 4. The van der Waals surface area contributed by atoms with Crippen LogP contribution in [0.25, 0.3) is 0 Å². The Bertz CT molecular complexity index is 369. The molecule has 0 N–H and O–H groups in total. The molecule has 3 atom stereocenters. The molecular weight excluding hydrogens is 252 g/mol. The maximum atomic E-state index is 6.37. The molecule has 0 radical (unpaired) electrons. The molecule has 0 bridgehead atoms. The van der Waals surface area contributed by atoms with Crippen molar-refractivity contribution in [3.05, 3.63) is 12.2 Å². The molecule has 3 heteroatoms. The Morgan fingerprint density at radius 2 is 2.05 bits per heavy atom. The van der Waals surface area contributed by atoms with Gasteiger partial charge in [-0.15, -0.1) is 0 Å². The highest BCUT2D eigenvalue weighted by Gasteiger charge is 2.59. The minimum atomic E-state index is -1.65. The van der Waals surface area contributed by atoms with Gasteiger partial charge in [0.1, 0.15) is 5.60 Å². The van der Waals surface area contributed by atoms with Crippen LogP contribution in [0.4, 0.5) is 0 Å². The van der Waals surface area contributed by atoms with Gasteiger partial charge in [-0.2, -0.15) is 0 Å². The van der Waals surface area contributed by atoms with E-state index < -0.39 is 8.32 Å². The lowest BCUT2D eigenvalue weighted by molar-refractivity contribution is 0.164. The molecule has 2 fully saturated rings. The Kier molecular flexibility index (Phi) is 3.79. The van der Waals surface area contributed by atoms with Crippen LogP contribution < -0.4 is 0 Å². The van der Waals surface area contributed by atoms with Gasteiger partial charge >= 0.3 is 0 Å². The minimum Gasteiger partial charge on any atom is -0.414 e. The molecule has 0 aromatic heterocycles. The highest BCUT2D eigenvalue weighted by Crippen LogP contribution is 2.52. The summed E-state index contributed by atoms with van der Waals surface area (Å²) >= 11 is 0. The molecule has 110 valence electrons. The zero-order valence-electron chi connectivity index (χ0n) is 13.5. The van der Waals surface area contributed by atoms with Crippen molar-refractivity contribution in [1.29, 1.82) is 0 Å². The zero-order chi connectivity index (χ0) is 14.5. The molecule has 1 heterocycles. The molecule has 2 rings (SSSR count). The fourth-order valence-corrected chi connectivity index (χ4v) is 3.73. The van der Waals surface area contributed by atoms with E-state index in [9.17, 15) is 0 Å². The molecule has 19 heavy (non-hydrogen) atoms. The Labute approximate surface area is 119 Å². The van der Waals surface area contributed by atoms with Crippen LogP contribution in [0.2, 0.25) is 18.1 Å². The first-order valence-electron chi connectivity index (χ1n) is 7.55. The summed E-state index contributed by atoms with van der Waals surface area (Å²) in [4.78, 5) is 0. The van der Waals surface area contributed by atoms with Crippen molar-refractivity contribution in [3.63, 3.8) is 0 Å².